The second-order valence-corrected chi connectivity index (χ2v) is 8.33. The summed E-state index contributed by atoms with van der Waals surface area (Å²) in [7, 11) is -2.51. The molecule has 0 unspecified atom stereocenters. The van der Waals surface area contributed by atoms with Gasteiger partial charge in [0.1, 0.15) is 10.6 Å². The van der Waals surface area contributed by atoms with Gasteiger partial charge in [-0.15, -0.1) is 0 Å². The van der Waals surface area contributed by atoms with Crippen molar-refractivity contribution in [2.45, 2.75) is 24.8 Å². The van der Waals surface area contributed by atoms with E-state index in [-0.39, 0.29) is 29.1 Å². The quantitative estimate of drug-likeness (QED) is 0.801. The lowest BCUT2D eigenvalue weighted by Crippen LogP contribution is -2.51. The Kier molecular flexibility index (Phi) is 4.86. The van der Waals surface area contributed by atoms with Gasteiger partial charge in [-0.3, -0.25) is 9.10 Å². The zero-order chi connectivity index (χ0) is 19.1. The van der Waals surface area contributed by atoms with Crippen LogP contribution in [0.15, 0.2) is 47.4 Å². The topological polar surface area (TPSA) is 66.9 Å². The van der Waals surface area contributed by atoms with Crippen LogP contribution in [-0.4, -0.2) is 34.0 Å². The summed E-state index contributed by atoms with van der Waals surface area (Å²) in [6, 6.07) is 11.1. The first kappa shape index (κ1) is 18.5. The van der Waals surface area contributed by atoms with Crippen molar-refractivity contribution in [2.24, 2.45) is 0 Å². The molecule has 0 N–H and O–H groups in total. The van der Waals surface area contributed by atoms with Crippen molar-refractivity contribution in [3.8, 4) is 5.75 Å². The number of nitrogens with zero attached hydrogens (tertiary/aromatic N) is 2. The normalized spacial score (nSPS) is 17.0. The summed E-state index contributed by atoms with van der Waals surface area (Å²) < 4.78 is 33.3. The van der Waals surface area contributed by atoms with E-state index in [2.05, 4.69) is 0 Å². The van der Waals surface area contributed by atoms with Gasteiger partial charge in [0.2, 0.25) is 5.91 Å². The van der Waals surface area contributed by atoms with Gasteiger partial charge in [0.25, 0.3) is 10.0 Å². The highest BCUT2D eigenvalue weighted by atomic mass is 35.5. The number of methoxy groups -OCH3 is 1. The molecule has 0 aromatic heterocycles. The van der Waals surface area contributed by atoms with Crippen LogP contribution < -0.4 is 13.9 Å². The minimum absolute atomic E-state index is 0.0303. The molecule has 6 nitrogen and oxygen atoms in total. The van der Waals surface area contributed by atoms with Gasteiger partial charge in [-0.25, -0.2) is 8.42 Å². The van der Waals surface area contributed by atoms with Crippen molar-refractivity contribution in [1.29, 1.82) is 0 Å². The maximum absolute atomic E-state index is 13.4. The van der Waals surface area contributed by atoms with Crippen LogP contribution in [0.2, 0.25) is 5.02 Å². The van der Waals surface area contributed by atoms with Gasteiger partial charge in [-0.05, 0) is 31.2 Å². The molecule has 0 bridgehead atoms. The predicted octanol–water partition coefficient (Wildman–Crippen LogP) is 3.30. The van der Waals surface area contributed by atoms with E-state index in [1.807, 2.05) is 6.92 Å². The van der Waals surface area contributed by atoms with Gasteiger partial charge < -0.3 is 9.64 Å². The van der Waals surface area contributed by atoms with Crippen molar-refractivity contribution in [3.05, 3.63) is 47.5 Å². The first-order valence-corrected chi connectivity index (χ1v) is 9.84. The van der Waals surface area contributed by atoms with E-state index in [4.69, 9.17) is 16.3 Å². The van der Waals surface area contributed by atoms with Gasteiger partial charge in [0.15, 0.2) is 0 Å². The van der Waals surface area contributed by atoms with Crippen LogP contribution in [0.1, 0.15) is 13.8 Å². The highest BCUT2D eigenvalue weighted by molar-refractivity contribution is 7.93. The predicted molar refractivity (Wildman–Crippen MR) is 102 cm³/mol. The Bertz CT molecular complexity index is 961. The average Bonchev–Trinajstić information content (AvgIpc) is 2.60. The lowest BCUT2D eigenvalue weighted by Gasteiger charge is -2.41. The van der Waals surface area contributed by atoms with Crippen LogP contribution in [-0.2, 0) is 14.8 Å². The van der Waals surface area contributed by atoms with E-state index in [1.54, 1.807) is 29.2 Å². The fourth-order valence-electron chi connectivity index (χ4n) is 3.22. The van der Waals surface area contributed by atoms with Crippen LogP contribution in [0.3, 0.4) is 0 Å². The molecule has 0 spiro atoms. The first-order valence-electron chi connectivity index (χ1n) is 8.02. The molecule has 1 aliphatic rings. The fourth-order valence-corrected chi connectivity index (χ4v) is 5.08. The Labute approximate surface area is 158 Å². The lowest BCUT2D eigenvalue weighted by molar-refractivity contribution is -0.117. The largest absolute Gasteiger partial charge is 0.495 e. The van der Waals surface area contributed by atoms with Gasteiger partial charge in [0.05, 0.1) is 31.1 Å². The Morgan fingerprint density at radius 2 is 1.85 bits per heavy atom. The van der Waals surface area contributed by atoms with Crippen molar-refractivity contribution in [2.75, 3.05) is 22.9 Å². The third-order valence-electron chi connectivity index (χ3n) is 4.31. The molecule has 0 saturated carbocycles. The van der Waals surface area contributed by atoms with Gasteiger partial charge in [-0.1, -0.05) is 23.7 Å². The molecule has 0 aliphatic carbocycles. The molecule has 1 heterocycles. The third-order valence-corrected chi connectivity index (χ3v) is 6.37. The van der Waals surface area contributed by atoms with Gasteiger partial charge in [-0.2, -0.15) is 0 Å². The summed E-state index contributed by atoms with van der Waals surface area (Å²) in [6.07, 6.45) is 0. The number of carbonyl (C=O) groups is 1. The molecule has 1 amide bonds. The minimum Gasteiger partial charge on any atom is -0.495 e. The molecule has 2 aromatic rings. The molecule has 8 heteroatoms. The molecule has 3 rings (SSSR count). The van der Waals surface area contributed by atoms with E-state index in [0.717, 1.165) is 0 Å². The first-order chi connectivity index (χ1) is 12.3. The van der Waals surface area contributed by atoms with E-state index in [9.17, 15) is 13.2 Å². The monoisotopic (exact) mass is 394 g/mol. The molecular formula is C18H19ClN2O4S. The lowest BCUT2D eigenvalue weighted by atomic mass is 10.1. The van der Waals surface area contributed by atoms with E-state index in [0.29, 0.717) is 16.4 Å². The Morgan fingerprint density at radius 1 is 1.19 bits per heavy atom. The van der Waals surface area contributed by atoms with E-state index in [1.165, 1.54) is 36.5 Å². The summed E-state index contributed by atoms with van der Waals surface area (Å²) in [4.78, 5) is 13.7. The number of carbonyl (C=O) groups excluding carboxylic acids is 1. The molecule has 1 atom stereocenters. The third kappa shape index (κ3) is 3.01. The van der Waals surface area contributed by atoms with Crippen molar-refractivity contribution >= 4 is 38.9 Å². The number of hydrogen-bond donors (Lipinski definition) is 0. The standard InChI is InChI=1S/C18H19ClN2O4S/c1-12-11-20(15-6-4-5-7-16(15)21(12)13(2)22)26(23,24)18-9-8-14(19)10-17(18)25-3/h4-10,12H,11H2,1-3H3/t12-/m0/s1. The molecule has 0 saturated heterocycles. The highest BCUT2D eigenvalue weighted by Gasteiger charge is 2.37. The van der Waals surface area contributed by atoms with Crippen molar-refractivity contribution in [1.82, 2.24) is 0 Å². The van der Waals surface area contributed by atoms with Crippen molar-refractivity contribution in [3.63, 3.8) is 0 Å². The SMILES string of the molecule is COc1cc(Cl)ccc1S(=O)(=O)N1C[C@H](C)N(C(C)=O)c2ccccc21. The Morgan fingerprint density at radius 3 is 2.46 bits per heavy atom. The highest BCUT2D eigenvalue weighted by Crippen LogP contribution is 2.40. The van der Waals surface area contributed by atoms with Crippen LogP contribution in [0, 0.1) is 0 Å². The zero-order valence-corrected chi connectivity index (χ0v) is 16.2. The number of para-hydroxylation sites is 2. The second-order valence-electron chi connectivity index (χ2n) is 6.06. The van der Waals surface area contributed by atoms with Gasteiger partial charge in [0, 0.05) is 18.0 Å². The number of fused-ring (bicyclic) bond motifs is 1. The molecule has 138 valence electrons. The van der Waals surface area contributed by atoms with Crippen LogP contribution in [0.5, 0.6) is 5.75 Å². The molecular weight excluding hydrogens is 376 g/mol. The van der Waals surface area contributed by atoms with Crippen LogP contribution in [0.4, 0.5) is 11.4 Å². The molecule has 26 heavy (non-hydrogen) atoms. The molecule has 0 radical (unpaired) electrons. The van der Waals surface area contributed by atoms with Crippen LogP contribution in [0.25, 0.3) is 0 Å². The number of benzene rings is 2. The summed E-state index contributed by atoms with van der Waals surface area (Å²) >= 11 is 5.96. The number of ether oxygens (including phenoxy) is 1. The maximum Gasteiger partial charge on any atom is 0.268 e. The molecule has 1 aliphatic heterocycles. The van der Waals surface area contributed by atoms with Crippen molar-refractivity contribution < 1.29 is 17.9 Å². The summed E-state index contributed by atoms with van der Waals surface area (Å²) in [6.45, 7) is 3.43. The number of sulfonamides is 1. The summed E-state index contributed by atoms with van der Waals surface area (Å²) in [5.41, 5.74) is 1.02. The summed E-state index contributed by atoms with van der Waals surface area (Å²) in [5.74, 6) is 0.0442. The summed E-state index contributed by atoms with van der Waals surface area (Å²) in [5, 5.41) is 0.385. The minimum atomic E-state index is -3.91. The number of halogens is 1. The maximum atomic E-state index is 13.4. The van der Waals surface area contributed by atoms with E-state index < -0.39 is 10.0 Å². The molecule has 2 aromatic carbocycles. The number of amides is 1. The Balaban J connectivity index is 2.17. The zero-order valence-electron chi connectivity index (χ0n) is 14.6. The van der Waals surface area contributed by atoms with Crippen LogP contribution >= 0.6 is 11.6 Å². The second kappa shape index (κ2) is 6.81. The number of rotatable bonds is 3. The van der Waals surface area contributed by atoms with E-state index >= 15 is 0 Å². The number of anilines is 2. The van der Waals surface area contributed by atoms with Gasteiger partial charge >= 0.3 is 0 Å². The number of hydrogen-bond acceptors (Lipinski definition) is 4. The average molecular weight is 395 g/mol. The fraction of sp³-hybridized carbons (Fsp3) is 0.278. The Hall–Kier alpha value is -2.25. The molecule has 0 fully saturated rings. The smallest absolute Gasteiger partial charge is 0.268 e.